The molecule has 10 nitrogen and oxygen atoms in total. The number of hydrogen-bond donors (Lipinski definition) is 4. The third kappa shape index (κ3) is 7.33. The number of hydrogen-bond acceptors (Lipinski definition) is 10. The Hall–Kier alpha value is -4.33. The van der Waals surface area contributed by atoms with E-state index in [1.807, 2.05) is 0 Å². The monoisotopic (exact) mass is 530 g/mol. The van der Waals surface area contributed by atoms with Crippen LogP contribution < -0.4 is 15.8 Å². The molecule has 5 N–H and O–H groups in total. The van der Waals surface area contributed by atoms with Gasteiger partial charge in [0.2, 0.25) is 11.8 Å². The third-order valence-corrected chi connectivity index (χ3v) is 5.65. The Morgan fingerprint density at radius 1 is 1.08 bits per heavy atom. The quantitative estimate of drug-likeness (QED) is 0.0648. The molecule has 4 aromatic rings. The van der Waals surface area contributed by atoms with Gasteiger partial charge in [-0.3, -0.25) is 5.41 Å². The van der Waals surface area contributed by atoms with E-state index in [2.05, 4.69) is 30.5 Å². The summed E-state index contributed by atoms with van der Waals surface area (Å²) in [7, 11) is 0. The van der Waals surface area contributed by atoms with Gasteiger partial charge in [0.1, 0.15) is 11.6 Å². The number of aromatic nitrogens is 5. The van der Waals surface area contributed by atoms with Crippen LogP contribution in [0.2, 0.25) is 0 Å². The maximum absolute atomic E-state index is 12.9. The van der Waals surface area contributed by atoms with Crippen LogP contribution in [0.1, 0.15) is 12.0 Å². The van der Waals surface area contributed by atoms with Crippen molar-refractivity contribution in [1.29, 1.82) is 5.41 Å². The van der Waals surface area contributed by atoms with E-state index in [1.165, 1.54) is 30.0 Å². The highest BCUT2D eigenvalue weighted by Crippen LogP contribution is 2.31. The molecule has 0 fully saturated rings. The highest BCUT2D eigenvalue weighted by molar-refractivity contribution is 7.99. The summed E-state index contributed by atoms with van der Waals surface area (Å²) < 4.78 is 49.5. The Morgan fingerprint density at radius 3 is 2.65 bits per heavy atom. The van der Waals surface area contributed by atoms with Crippen LogP contribution in [0, 0.1) is 5.41 Å². The summed E-state index contributed by atoms with van der Waals surface area (Å²) in [5.41, 5.74) is 6.01. The zero-order valence-corrected chi connectivity index (χ0v) is 19.9. The van der Waals surface area contributed by atoms with E-state index >= 15 is 0 Å². The number of nitrogens with zero attached hydrogens (tertiary/aromatic N) is 4. The summed E-state index contributed by atoms with van der Waals surface area (Å²) in [5, 5.41) is 18.1. The molecule has 0 aliphatic heterocycles. The van der Waals surface area contributed by atoms with Gasteiger partial charge in [-0.2, -0.15) is 18.2 Å². The number of H-pyrrole nitrogens is 1. The maximum atomic E-state index is 12.9. The molecule has 0 unspecified atom stereocenters. The Morgan fingerprint density at radius 2 is 1.89 bits per heavy atom. The van der Waals surface area contributed by atoms with E-state index in [0.717, 1.165) is 18.5 Å². The lowest BCUT2D eigenvalue weighted by molar-refractivity contribution is -0.137. The molecule has 0 amide bonds. The molecule has 4 rings (SSSR count). The molecule has 2 heterocycles. The highest BCUT2D eigenvalue weighted by Gasteiger charge is 2.30. The highest BCUT2D eigenvalue weighted by atomic mass is 32.2. The first-order valence-corrected chi connectivity index (χ1v) is 11.8. The van der Waals surface area contributed by atoms with Gasteiger partial charge in [0.15, 0.2) is 17.4 Å². The molecule has 2 aromatic carbocycles. The topological polar surface area (TPSA) is 148 Å². The Balaban J connectivity index is 1.38. The normalized spacial score (nSPS) is 11.2. The van der Waals surface area contributed by atoms with Gasteiger partial charge >= 0.3 is 6.18 Å². The number of rotatable bonds is 11. The minimum absolute atomic E-state index is 0.195. The SMILES string of the molecule is N=COCCCSc1nc(N)cc(Oc2ccc(-c3nnc(Nc4cccc(C(F)(F)F)c4)[nH]3)cc2)n1. The van der Waals surface area contributed by atoms with E-state index in [9.17, 15) is 13.2 Å². The first kappa shape index (κ1) is 25.8. The van der Waals surface area contributed by atoms with Crippen LogP contribution in [-0.2, 0) is 10.9 Å². The third-order valence-electron chi connectivity index (χ3n) is 4.71. The van der Waals surface area contributed by atoms with Crippen LogP contribution in [0.25, 0.3) is 11.4 Å². The molecule has 14 heteroatoms. The number of nitrogens with two attached hydrogens (primary N) is 1. The van der Waals surface area contributed by atoms with E-state index in [0.29, 0.717) is 41.1 Å². The Labute approximate surface area is 213 Å². The molecular formula is C23H21F3N8O2S. The van der Waals surface area contributed by atoms with Crippen molar-refractivity contribution < 1.29 is 22.6 Å². The molecule has 37 heavy (non-hydrogen) atoms. The fraction of sp³-hybridized carbons (Fsp3) is 0.174. The van der Waals surface area contributed by atoms with Crippen LogP contribution >= 0.6 is 11.8 Å². The number of halogens is 3. The van der Waals surface area contributed by atoms with E-state index in [-0.39, 0.29) is 23.3 Å². The van der Waals surface area contributed by atoms with Gasteiger partial charge in [0, 0.05) is 23.1 Å². The minimum Gasteiger partial charge on any atom is -0.484 e. The van der Waals surface area contributed by atoms with Crippen molar-refractivity contribution in [2.75, 3.05) is 23.4 Å². The van der Waals surface area contributed by atoms with Crippen LogP contribution in [0.15, 0.2) is 59.8 Å². The number of ether oxygens (including phenoxy) is 2. The van der Waals surface area contributed by atoms with Crippen LogP contribution in [0.5, 0.6) is 11.6 Å². The van der Waals surface area contributed by atoms with Gasteiger partial charge in [-0.1, -0.05) is 17.8 Å². The smallest absolute Gasteiger partial charge is 0.416 e. The van der Waals surface area contributed by atoms with Crippen LogP contribution in [0.4, 0.5) is 30.6 Å². The van der Waals surface area contributed by atoms with Crippen molar-refractivity contribution in [3.8, 4) is 23.0 Å². The molecule has 192 valence electrons. The molecule has 0 atom stereocenters. The lowest BCUT2D eigenvalue weighted by Crippen LogP contribution is -2.05. The Kier molecular flexibility index (Phi) is 8.08. The molecule has 0 aliphatic rings. The first-order chi connectivity index (χ1) is 17.8. The molecule has 0 saturated heterocycles. The lowest BCUT2D eigenvalue weighted by atomic mass is 10.2. The summed E-state index contributed by atoms with van der Waals surface area (Å²) in [6, 6.07) is 13.2. The number of aromatic amines is 1. The lowest BCUT2D eigenvalue weighted by Gasteiger charge is -2.09. The van der Waals surface area contributed by atoms with Gasteiger partial charge in [0.05, 0.1) is 12.2 Å². The second-order valence-corrected chi connectivity index (χ2v) is 8.52. The summed E-state index contributed by atoms with van der Waals surface area (Å²) in [6.07, 6.45) is -2.82. The first-order valence-electron chi connectivity index (χ1n) is 10.8. The number of nitrogen functional groups attached to an aromatic ring is 1. The number of nitrogens with one attached hydrogen (secondary N) is 3. The van der Waals surface area contributed by atoms with E-state index in [1.54, 1.807) is 24.3 Å². The number of thioether (sulfide) groups is 1. The van der Waals surface area contributed by atoms with Gasteiger partial charge in [-0.05, 0) is 48.9 Å². The maximum Gasteiger partial charge on any atom is 0.416 e. The number of anilines is 3. The summed E-state index contributed by atoms with van der Waals surface area (Å²) in [5.74, 6) is 2.35. The zero-order chi connectivity index (χ0) is 26.3. The zero-order valence-electron chi connectivity index (χ0n) is 19.1. The van der Waals surface area contributed by atoms with Gasteiger partial charge in [-0.15, -0.1) is 10.2 Å². The predicted molar refractivity (Wildman–Crippen MR) is 133 cm³/mol. The molecular weight excluding hydrogens is 509 g/mol. The van der Waals surface area contributed by atoms with E-state index < -0.39 is 11.7 Å². The summed E-state index contributed by atoms with van der Waals surface area (Å²) in [4.78, 5) is 11.5. The minimum atomic E-state index is -4.44. The summed E-state index contributed by atoms with van der Waals surface area (Å²) >= 11 is 1.40. The van der Waals surface area contributed by atoms with Gasteiger partial charge in [0.25, 0.3) is 0 Å². The van der Waals surface area contributed by atoms with Gasteiger partial charge < -0.3 is 25.5 Å². The fourth-order valence-electron chi connectivity index (χ4n) is 3.06. The number of alkyl halides is 3. The average Bonchev–Trinajstić information content (AvgIpc) is 3.32. The molecule has 0 radical (unpaired) electrons. The molecule has 0 aliphatic carbocycles. The molecule has 2 aromatic heterocycles. The van der Waals surface area contributed by atoms with Crippen LogP contribution in [0.3, 0.4) is 0 Å². The fourth-order valence-corrected chi connectivity index (χ4v) is 3.83. The number of benzene rings is 2. The second-order valence-electron chi connectivity index (χ2n) is 7.46. The largest absolute Gasteiger partial charge is 0.484 e. The Bertz CT molecular complexity index is 1350. The van der Waals surface area contributed by atoms with Gasteiger partial charge in [-0.25, -0.2) is 4.98 Å². The van der Waals surface area contributed by atoms with Crippen molar-refractivity contribution in [2.24, 2.45) is 0 Å². The van der Waals surface area contributed by atoms with Crippen molar-refractivity contribution in [2.45, 2.75) is 17.8 Å². The van der Waals surface area contributed by atoms with Crippen molar-refractivity contribution in [1.82, 2.24) is 25.1 Å². The molecule has 0 saturated carbocycles. The van der Waals surface area contributed by atoms with Crippen LogP contribution in [-0.4, -0.2) is 43.9 Å². The van der Waals surface area contributed by atoms with Crippen molar-refractivity contribution in [3.63, 3.8) is 0 Å². The average molecular weight is 531 g/mol. The van der Waals surface area contributed by atoms with E-state index in [4.69, 9.17) is 20.6 Å². The standard InChI is InChI=1S/C23H21F3N8O2S/c24-23(25,26)15-3-1-4-16(11-15)29-21-32-20(33-34-21)14-5-7-17(8-6-14)36-19-12-18(28)30-22(31-19)37-10-2-9-35-13-27/h1,3-8,11-13,27H,2,9-10H2,(H2,28,30,31)(H2,29,32,33,34). The van der Waals surface area contributed by atoms with Crippen molar-refractivity contribution in [3.05, 3.63) is 60.2 Å². The molecule has 0 spiro atoms. The van der Waals surface area contributed by atoms with Crippen molar-refractivity contribution >= 4 is 35.6 Å². The summed E-state index contributed by atoms with van der Waals surface area (Å²) in [6.45, 7) is 0.433. The molecule has 0 bridgehead atoms. The second kappa shape index (κ2) is 11.6. The predicted octanol–water partition coefficient (Wildman–Crippen LogP) is 5.50.